The van der Waals surface area contributed by atoms with Crippen molar-refractivity contribution in [2.45, 2.75) is 6.92 Å². The molecule has 0 unspecified atom stereocenters. The molecule has 0 radical (unpaired) electrons. The van der Waals surface area contributed by atoms with Crippen LogP contribution in [-0.4, -0.2) is 0 Å². The minimum atomic E-state index is -1.70. The summed E-state index contributed by atoms with van der Waals surface area (Å²) in [6.07, 6.45) is 1.78. The van der Waals surface area contributed by atoms with E-state index in [0.717, 1.165) is 6.08 Å². The summed E-state index contributed by atoms with van der Waals surface area (Å²) in [5.41, 5.74) is 1.15. The molecule has 1 heterocycles. The summed E-state index contributed by atoms with van der Waals surface area (Å²) in [7, 11) is 0. The third kappa shape index (κ3) is 1.43. The van der Waals surface area contributed by atoms with E-state index in [0.29, 0.717) is 11.1 Å². The molecule has 0 spiro atoms. The first-order chi connectivity index (χ1) is 4.70. The fourth-order valence-electron chi connectivity index (χ4n) is 0.636. The Kier molecular flexibility index (Phi) is 1.85. The Hall–Kier alpha value is -1.12. The van der Waals surface area contributed by atoms with E-state index in [1.165, 1.54) is 12.5 Å². The predicted molar refractivity (Wildman–Crippen MR) is 33.6 cm³/mol. The first-order valence-electron chi connectivity index (χ1n) is 2.75. The Bertz CT molecular complexity index is 246. The topological polar surface area (TPSA) is 13.1 Å². The lowest BCUT2D eigenvalue weighted by Gasteiger charge is -1.83. The van der Waals surface area contributed by atoms with Gasteiger partial charge in [0.25, 0.3) is 6.08 Å². The standard InChI is InChI=1S/C7H6F2O/c1-5-3-10-4-6(5)2-7(8)9/h2-4H,1H3. The fraction of sp³-hybridized carbons (Fsp3) is 0.143. The molecule has 0 saturated carbocycles. The number of aryl methyl sites for hydroxylation is 1. The van der Waals surface area contributed by atoms with E-state index in [-0.39, 0.29) is 0 Å². The molecular weight excluding hydrogens is 138 g/mol. The van der Waals surface area contributed by atoms with Gasteiger partial charge in [0.05, 0.1) is 12.5 Å². The zero-order valence-electron chi connectivity index (χ0n) is 5.40. The Labute approximate surface area is 57.0 Å². The van der Waals surface area contributed by atoms with Crippen molar-refractivity contribution < 1.29 is 13.2 Å². The third-order valence-electron chi connectivity index (χ3n) is 1.16. The smallest absolute Gasteiger partial charge is 0.271 e. The van der Waals surface area contributed by atoms with Crippen molar-refractivity contribution >= 4 is 6.08 Å². The van der Waals surface area contributed by atoms with E-state index in [1.807, 2.05) is 0 Å². The molecule has 0 aliphatic heterocycles. The summed E-state index contributed by atoms with van der Waals surface area (Å²) in [6.45, 7) is 1.71. The van der Waals surface area contributed by atoms with E-state index >= 15 is 0 Å². The molecule has 0 aromatic carbocycles. The number of halogens is 2. The van der Waals surface area contributed by atoms with Crippen LogP contribution in [-0.2, 0) is 0 Å². The molecule has 10 heavy (non-hydrogen) atoms. The van der Waals surface area contributed by atoms with E-state index in [1.54, 1.807) is 6.92 Å². The van der Waals surface area contributed by atoms with Crippen LogP contribution in [0.4, 0.5) is 8.78 Å². The molecule has 3 heteroatoms. The van der Waals surface area contributed by atoms with Gasteiger partial charge in [-0.2, -0.15) is 8.78 Å². The minimum Gasteiger partial charge on any atom is -0.472 e. The lowest BCUT2D eigenvalue weighted by Crippen LogP contribution is -1.69. The van der Waals surface area contributed by atoms with E-state index < -0.39 is 6.08 Å². The average Bonchev–Trinajstić information content (AvgIpc) is 2.15. The predicted octanol–water partition coefficient (Wildman–Crippen LogP) is 2.83. The van der Waals surface area contributed by atoms with Crippen LogP contribution >= 0.6 is 0 Å². The van der Waals surface area contributed by atoms with Crippen LogP contribution in [0.1, 0.15) is 11.1 Å². The zero-order valence-corrected chi connectivity index (χ0v) is 5.40. The number of hydrogen-bond donors (Lipinski definition) is 0. The maximum absolute atomic E-state index is 11.6. The quantitative estimate of drug-likeness (QED) is 0.590. The van der Waals surface area contributed by atoms with Crippen LogP contribution in [0, 0.1) is 6.92 Å². The van der Waals surface area contributed by atoms with E-state index in [9.17, 15) is 8.78 Å². The molecule has 1 nitrogen and oxygen atoms in total. The van der Waals surface area contributed by atoms with Gasteiger partial charge in [0.1, 0.15) is 0 Å². The maximum atomic E-state index is 11.6. The second-order valence-corrected chi connectivity index (χ2v) is 1.94. The molecule has 0 aliphatic rings. The van der Waals surface area contributed by atoms with Crippen molar-refractivity contribution in [2.75, 3.05) is 0 Å². The minimum absolute atomic E-state index is 0.431. The van der Waals surface area contributed by atoms with Crippen molar-refractivity contribution in [3.05, 3.63) is 29.7 Å². The first-order valence-corrected chi connectivity index (χ1v) is 2.75. The number of hydrogen-bond acceptors (Lipinski definition) is 1. The van der Waals surface area contributed by atoms with Crippen LogP contribution in [0.3, 0.4) is 0 Å². The first kappa shape index (κ1) is 6.99. The summed E-state index contributed by atoms with van der Waals surface area (Å²) in [4.78, 5) is 0. The van der Waals surface area contributed by atoms with Crippen molar-refractivity contribution in [3.63, 3.8) is 0 Å². The Morgan fingerprint density at radius 1 is 1.50 bits per heavy atom. The SMILES string of the molecule is Cc1cocc1C=C(F)F. The largest absolute Gasteiger partial charge is 0.472 e. The van der Waals surface area contributed by atoms with Crippen LogP contribution in [0.15, 0.2) is 23.0 Å². The van der Waals surface area contributed by atoms with Gasteiger partial charge in [-0.1, -0.05) is 0 Å². The summed E-state index contributed by atoms with van der Waals surface area (Å²) >= 11 is 0. The summed E-state index contributed by atoms with van der Waals surface area (Å²) in [6, 6.07) is 0. The van der Waals surface area contributed by atoms with Gasteiger partial charge in [-0.3, -0.25) is 0 Å². The van der Waals surface area contributed by atoms with Crippen molar-refractivity contribution in [2.24, 2.45) is 0 Å². The highest BCUT2D eigenvalue weighted by molar-refractivity contribution is 5.51. The maximum Gasteiger partial charge on any atom is 0.271 e. The van der Waals surface area contributed by atoms with Crippen LogP contribution < -0.4 is 0 Å². The van der Waals surface area contributed by atoms with Gasteiger partial charge in [0.2, 0.25) is 0 Å². The molecule has 0 saturated heterocycles. The van der Waals surface area contributed by atoms with Crippen LogP contribution in [0.2, 0.25) is 0 Å². The Morgan fingerprint density at radius 2 is 2.20 bits per heavy atom. The van der Waals surface area contributed by atoms with Crippen molar-refractivity contribution in [1.29, 1.82) is 0 Å². The highest BCUT2D eigenvalue weighted by Crippen LogP contribution is 2.13. The molecule has 0 amide bonds. The molecular formula is C7H6F2O. The van der Waals surface area contributed by atoms with Gasteiger partial charge in [-0.25, -0.2) is 0 Å². The Morgan fingerprint density at radius 3 is 2.60 bits per heavy atom. The molecule has 0 fully saturated rings. The molecule has 1 aromatic heterocycles. The fourth-order valence-corrected chi connectivity index (χ4v) is 0.636. The van der Waals surface area contributed by atoms with Gasteiger partial charge >= 0.3 is 0 Å². The molecule has 54 valence electrons. The molecule has 1 rings (SSSR count). The van der Waals surface area contributed by atoms with Crippen LogP contribution in [0.5, 0.6) is 0 Å². The molecule has 0 aliphatic carbocycles. The summed E-state index contributed by atoms with van der Waals surface area (Å²) in [5.74, 6) is 0. The second kappa shape index (κ2) is 2.64. The van der Waals surface area contributed by atoms with Crippen molar-refractivity contribution in [1.82, 2.24) is 0 Å². The lowest BCUT2D eigenvalue weighted by atomic mass is 10.2. The second-order valence-electron chi connectivity index (χ2n) is 1.94. The zero-order chi connectivity index (χ0) is 7.56. The summed E-state index contributed by atoms with van der Waals surface area (Å²) < 4.78 is 27.9. The lowest BCUT2D eigenvalue weighted by molar-refractivity contribution is 0.429. The highest BCUT2D eigenvalue weighted by atomic mass is 19.3. The number of furan rings is 1. The average molecular weight is 144 g/mol. The van der Waals surface area contributed by atoms with Gasteiger partial charge in [-0.15, -0.1) is 0 Å². The third-order valence-corrected chi connectivity index (χ3v) is 1.16. The summed E-state index contributed by atoms with van der Waals surface area (Å²) in [5, 5.41) is 0. The molecule has 0 bridgehead atoms. The molecule has 0 atom stereocenters. The number of rotatable bonds is 1. The molecule has 1 aromatic rings. The monoisotopic (exact) mass is 144 g/mol. The van der Waals surface area contributed by atoms with Gasteiger partial charge in [0, 0.05) is 11.6 Å². The Balaban J connectivity index is 2.95. The normalized spacial score (nSPS) is 9.50. The van der Waals surface area contributed by atoms with Gasteiger partial charge < -0.3 is 4.42 Å². The van der Waals surface area contributed by atoms with Gasteiger partial charge in [0.15, 0.2) is 0 Å². The van der Waals surface area contributed by atoms with Gasteiger partial charge in [-0.05, 0) is 12.5 Å². The molecule has 0 N–H and O–H groups in total. The highest BCUT2D eigenvalue weighted by Gasteiger charge is 1.98. The van der Waals surface area contributed by atoms with E-state index in [4.69, 9.17) is 0 Å². The van der Waals surface area contributed by atoms with Crippen molar-refractivity contribution in [3.8, 4) is 0 Å². The van der Waals surface area contributed by atoms with Crippen LogP contribution in [0.25, 0.3) is 6.08 Å². The van der Waals surface area contributed by atoms with E-state index in [2.05, 4.69) is 4.42 Å².